The van der Waals surface area contributed by atoms with Gasteiger partial charge in [0.15, 0.2) is 26.2 Å². The van der Waals surface area contributed by atoms with Crippen LogP contribution in [0, 0.1) is 0 Å². The van der Waals surface area contributed by atoms with Gasteiger partial charge in [-0.3, -0.25) is 0 Å². The molecule has 0 aromatic heterocycles. The van der Waals surface area contributed by atoms with Crippen LogP contribution in [0.2, 0.25) is 0 Å². The maximum absolute atomic E-state index is 5.16. The minimum absolute atomic E-state index is 0.153. The molecular weight excluding hydrogens is 200 g/mol. The third-order valence-electron chi connectivity index (χ3n) is 1.57. The molecule has 0 rings (SSSR count). The van der Waals surface area contributed by atoms with Gasteiger partial charge in [0, 0.05) is 13.2 Å². The highest BCUT2D eigenvalue weighted by Gasteiger charge is 2.01. The monoisotopic (exact) mass is 222 g/mol. The summed E-state index contributed by atoms with van der Waals surface area (Å²) in [6.45, 7) is 9.01. The summed E-state index contributed by atoms with van der Waals surface area (Å²) in [7, 11) is 0. The van der Waals surface area contributed by atoms with Gasteiger partial charge in [0.05, 0.1) is 0 Å². The van der Waals surface area contributed by atoms with Crippen LogP contribution in [-0.2, 0) is 23.7 Å². The van der Waals surface area contributed by atoms with Gasteiger partial charge in [0.2, 0.25) is 0 Å². The zero-order valence-corrected chi connectivity index (χ0v) is 10.0. The van der Waals surface area contributed by atoms with E-state index in [2.05, 4.69) is 0 Å². The second-order valence-electron chi connectivity index (χ2n) is 2.82. The maximum atomic E-state index is 5.16. The molecule has 2 unspecified atom stereocenters. The molecule has 0 aromatic carbocycles. The van der Waals surface area contributed by atoms with E-state index in [-0.39, 0.29) is 26.2 Å². The van der Waals surface area contributed by atoms with Crippen LogP contribution in [-0.4, -0.2) is 39.4 Å². The Balaban J connectivity index is 3.17. The van der Waals surface area contributed by atoms with Gasteiger partial charge >= 0.3 is 0 Å². The Morgan fingerprint density at radius 1 is 0.733 bits per heavy atom. The second kappa shape index (κ2) is 10.3. The van der Waals surface area contributed by atoms with Crippen molar-refractivity contribution >= 4 is 0 Å². The lowest BCUT2D eigenvalue weighted by Gasteiger charge is -2.15. The van der Waals surface area contributed by atoms with E-state index in [0.29, 0.717) is 13.2 Å². The second-order valence-corrected chi connectivity index (χ2v) is 2.82. The average Bonchev–Trinajstić information content (AvgIpc) is 2.18. The topological polar surface area (TPSA) is 46.2 Å². The third-order valence-corrected chi connectivity index (χ3v) is 1.57. The van der Waals surface area contributed by atoms with Gasteiger partial charge in [-0.1, -0.05) is 0 Å². The average molecular weight is 222 g/mol. The predicted octanol–water partition coefficient (Wildman–Crippen LogP) is 1.72. The van der Waals surface area contributed by atoms with Crippen LogP contribution >= 0.6 is 0 Å². The molecular formula is C10H22O5. The molecule has 0 radical (unpaired) electrons. The van der Waals surface area contributed by atoms with Gasteiger partial charge < -0.3 is 23.7 Å². The molecule has 0 aliphatic heterocycles. The third kappa shape index (κ3) is 10.1. The summed E-state index contributed by atoms with van der Waals surface area (Å²) in [5.41, 5.74) is 0. The van der Waals surface area contributed by atoms with Crippen molar-refractivity contribution in [1.29, 1.82) is 0 Å². The van der Waals surface area contributed by atoms with Crippen LogP contribution < -0.4 is 0 Å². The van der Waals surface area contributed by atoms with Gasteiger partial charge in [-0.15, -0.1) is 0 Å². The summed E-state index contributed by atoms with van der Waals surface area (Å²) in [5.74, 6) is 0. The van der Waals surface area contributed by atoms with Gasteiger partial charge in [-0.25, -0.2) is 0 Å². The van der Waals surface area contributed by atoms with Crippen LogP contribution in [0.1, 0.15) is 27.7 Å². The lowest BCUT2D eigenvalue weighted by atomic mass is 10.7. The summed E-state index contributed by atoms with van der Waals surface area (Å²) >= 11 is 0. The molecule has 0 spiro atoms. The zero-order valence-electron chi connectivity index (χ0n) is 10.0. The van der Waals surface area contributed by atoms with E-state index in [1.165, 1.54) is 0 Å². The first-order valence-electron chi connectivity index (χ1n) is 5.24. The summed E-state index contributed by atoms with van der Waals surface area (Å²) < 4.78 is 25.7. The molecule has 0 bridgehead atoms. The summed E-state index contributed by atoms with van der Waals surface area (Å²) in [4.78, 5) is 0. The molecule has 0 aromatic rings. The van der Waals surface area contributed by atoms with Crippen molar-refractivity contribution in [3.63, 3.8) is 0 Å². The Morgan fingerprint density at radius 2 is 1.13 bits per heavy atom. The van der Waals surface area contributed by atoms with Crippen molar-refractivity contribution < 1.29 is 23.7 Å². The molecule has 0 aliphatic rings. The fraction of sp³-hybridized carbons (Fsp3) is 1.00. The summed E-state index contributed by atoms with van der Waals surface area (Å²) in [6, 6.07) is 0. The lowest BCUT2D eigenvalue weighted by molar-refractivity contribution is -0.237. The fourth-order valence-electron chi connectivity index (χ4n) is 0.888. The minimum atomic E-state index is -0.251. The van der Waals surface area contributed by atoms with Crippen molar-refractivity contribution in [1.82, 2.24) is 0 Å². The number of ether oxygens (including phenoxy) is 5. The van der Waals surface area contributed by atoms with E-state index in [9.17, 15) is 0 Å². The lowest BCUT2D eigenvalue weighted by Crippen LogP contribution is -2.18. The van der Waals surface area contributed by atoms with Crippen molar-refractivity contribution in [2.24, 2.45) is 0 Å². The largest absolute Gasteiger partial charge is 0.353 e. The molecule has 5 nitrogen and oxygen atoms in total. The highest BCUT2D eigenvalue weighted by Crippen LogP contribution is 1.95. The van der Waals surface area contributed by atoms with Crippen LogP contribution in [0.5, 0.6) is 0 Å². The molecule has 0 N–H and O–H groups in total. The van der Waals surface area contributed by atoms with Gasteiger partial charge in [-0.2, -0.15) is 0 Å². The molecule has 0 heterocycles. The van der Waals surface area contributed by atoms with Gasteiger partial charge in [-0.05, 0) is 27.7 Å². The first kappa shape index (κ1) is 14.8. The summed E-state index contributed by atoms with van der Waals surface area (Å²) in [6.07, 6.45) is -0.501. The van der Waals surface area contributed by atoms with E-state index < -0.39 is 0 Å². The molecule has 5 heteroatoms. The predicted molar refractivity (Wildman–Crippen MR) is 55.2 cm³/mol. The van der Waals surface area contributed by atoms with Crippen molar-refractivity contribution in [3.8, 4) is 0 Å². The number of hydrogen-bond acceptors (Lipinski definition) is 5. The van der Waals surface area contributed by atoms with E-state index in [4.69, 9.17) is 23.7 Å². The number of hydrogen-bond donors (Lipinski definition) is 0. The molecule has 2 atom stereocenters. The fourth-order valence-corrected chi connectivity index (χ4v) is 0.888. The molecule has 0 fully saturated rings. The van der Waals surface area contributed by atoms with Gasteiger partial charge in [0.1, 0.15) is 0 Å². The summed E-state index contributed by atoms with van der Waals surface area (Å²) in [5, 5.41) is 0. The molecule has 0 saturated carbocycles. The smallest absolute Gasteiger partial charge is 0.157 e. The quantitative estimate of drug-likeness (QED) is 0.416. The maximum Gasteiger partial charge on any atom is 0.157 e. The van der Waals surface area contributed by atoms with Crippen LogP contribution in [0.3, 0.4) is 0 Å². The molecule has 0 saturated heterocycles. The Hall–Kier alpha value is -0.200. The number of rotatable bonds is 10. The highest BCUT2D eigenvalue weighted by atomic mass is 16.8. The van der Waals surface area contributed by atoms with E-state index >= 15 is 0 Å². The first-order valence-corrected chi connectivity index (χ1v) is 5.24. The van der Waals surface area contributed by atoms with E-state index in [0.717, 1.165) is 0 Å². The molecule has 92 valence electrons. The standard InChI is InChI=1S/C10H22O5/c1-5-12-9(3)14-7-11-8-15-10(4)13-6-2/h9-10H,5-8H2,1-4H3. The normalized spacial score (nSPS) is 15.2. The van der Waals surface area contributed by atoms with E-state index in [1.54, 1.807) is 0 Å². The Bertz CT molecular complexity index is 117. The zero-order chi connectivity index (χ0) is 11.5. The molecule has 0 aliphatic carbocycles. The van der Waals surface area contributed by atoms with Crippen molar-refractivity contribution in [2.45, 2.75) is 40.3 Å². The molecule has 15 heavy (non-hydrogen) atoms. The highest BCUT2D eigenvalue weighted by molar-refractivity contribution is 4.27. The Labute approximate surface area is 91.6 Å². The Kier molecular flexibility index (Phi) is 10.2. The molecule has 0 amide bonds. The first-order chi connectivity index (χ1) is 7.20. The van der Waals surface area contributed by atoms with Gasteiger partial charge in [0.25, 0.3) is 0 Å². The van der Waals surface area contributed by atoms with Crippen molar-refractivity contribution in [2.75, 3.05) is 26.8 Å². The SMILES string of the molecule is CCOC(C)OCOCOC(C)OCC. The minimum Gasteiger partial charge on any atom is -0.353 e. The van der Waals surface area contributed by atoms with Crippen molar-refractivity contribution in [3.05, 3.63) is 0 Å². The van der Waals surface area contributed by atoms with Crippen LogP contribution in [0.25, 0.3) is 0 Å². The van der Waals surface area contributed by atoms with E-state index in [1.807, 2.05) is 27.7 Å². The van der Waals surface area contributed by atoms with Crippen LogP contribution in [0.15, 0.2) is 0 Å². The van der Waals surface area contributed by atoms with Crippen LogP contribution in [0.4, 0.5) is 0 Å². The Morgan fingerprint density at radius 3 is 1.47 bits per heavy atom.